The van der Waals surface area contributed by atoms with Gasteiger partial charge in [0.05, 0.1) is 22.9 Å². The Bertz CT molecular complexity index is 1490. The summed E-state index contributed by atoms with van der Waals surface area (Å²) in [7, 11) is 0. The maximum Gasteiger partial charge on any atom is 0.271 e. The van der Waals surface area contributed by atoms with Crippen molar-refractivity contribution in [3.63, 3.8) is 0 Å². The molecule has 0 saturated carbocycles. The van der Waals surface area contributed by atoms with E-state index in [1.54, 1.807) is 4.90 Å². The number of ether oxygens (including phenoxy) is 1. The quantitative estimate of drug-likeness (QED) is 0.237. The predicted octanol–water partition coefficient (Wildman–Crippen LogP) is 8.17. The summed E-state index contributed by atoms with van der Waals surface area (Å²) in [6.45, 7) is 6.78. The molecule has 0 spiro atoms. The van der Waals surface area contributed by atoms with E-state index in [1.807, 2.05) is 55.5 Å². The maximum atomic E-state index is 13.9. The van der Waals surface area contributed by atoms with Crippen molar-refractivity contribution in [1.29, 1.82) is 0 Å². The SMILES string of the molecule is CCOc1ccc2ccccc2c1/C=C1\SC(=Nc2ccc(CC)cc2)N(c2ccc(CC)cc2)C1=O. The van der Waals surface area contributed by atoms with Crippen LogP contribution in [-0.4, -0.2) is 17.7 Å². The molecule has 0 unspecified atom stereocenters. The lowest BCUT2D eigenvalue weighted by Crippen LogP contribution is -2.28. The van der Waals surface area contributed by atoms with E-state index in [4.69, 9.17) is 9.73 Å². The normalized spacial score (nSPS) is 15.8. The fourth-order valence-electron chi connectivity index (χ4n) is 4.41. The number of aryl methyl sites for hydroxylation is 2. The highest BCUT2D eigenvalue weighted by Gasteiger charge is 2.35. The van der Waals surface area contributed by atoms with Crippen molar-refractivity contribution >= 4 is 51.1 Å². The molecular formula is C32H30N2O2S. The van der Waals surface area contributed by atoms with Crippen LogP contribution in [0.15, 0.2) is 94.8 Å². The van der Waals surface area contributed by atoms with E-state index in [2.05, 4.69) is 56.3 Å². The Morgan fingerprint density at radius 2 is 1.51 bits per heavy atom. The first-order valence-electron chi connectivity index (χ1n) is 12.8. The van der Waals surface area contributed by atoms with Crippen LogP contribution in [0.5, 0.6) is 5.75 Å². The summed E-state index contributed by atoms with van der Waals surface area (Å²) in [5.41, 5.74) is 5.02. The zero-order valence-electron chi connectivity index (χ0n) is 21.4. The summed E-state index contributed by atoms with van der Waals surface area (Å²) < 4.78 is 5.96. The lowest BCUT2D eigenvalue weighted by molar-refractivity contribution is -0.113. The van der Waals surface area contributed by atoms with Crippen molar-refractivity contribution in [3.05, 3.63) is 107 Å². The molecule has 0 aromatic heterocycles. The molecule has 0 bridgehead atoms. The van der Waals surface area contributed by atoms with Crippen molar-refractivity contribution < 1.29 is 9.53 Å². The summed E-state index contributed by atoms with van der Waals surface area (Å²) >= 11 is 1.40. The van der Waals surface area contributed by atoms with Crippen LogP contribution in [0.1, 0.15) is 37.5 Å². The van der Waals surface area contributed by atoms with E-state index in [9.17, 15) is 4.79 Å². The van der Waals surface area contributed by atoms with Crippen LogP contribution in [0.3, 0.4) is 0 Å². The molecule has 5 rings (SSSR count). The average Bonchev–Trinajstić information content (AvgIpc) is 3.24. The number of benzene rings is 4. The van der Waals surface area contributed by atoms with Gasteiger partial charge in [-0.2, -0.15) is 0 Å². The highest BCUT2D eigenvalue weighted by atomic mass is 32.2. The molecule has 5 heteroatoms. The minimum absolute atomic E-state index is 0.0893. The second-order valence-corrected chi connectivity index (χ2v) is 9.83. The number of nitrogens with zero attached hydrogens (tertiary/aromatic N) is 2. The predicted molar refractivity (Wildman–Crippen MR) is 157 cm³/mol. The molecular weight excluding hydrogens is 476 g/mol. The lowest BCUT2D eigenvalue weighted by Gasteiger charge is -2.16. The van der Waals surface area contributed by atoms with Crippen LogP contribution < -0.4 is 9.64 Å². The van der Waals surface area contributed by atoms with Crippen molar-refractivity contribution in [2.24, 2.45) is 4.99 Å². The van der Waals surface area contributed by atoms with Crippen LogP contribution in [0, 0.1) is 0 Å². The van der Waals surface area contributed by atoms with Gasteiger partial charge in [0.25, 0.3) is 5.91 Å². The van der Waals surface area contributed by atoms with Crippen molar-refractivity contribution in [2.75, 3.05) is 11.5 Å². The Morgan fingerprint density at radius 1 is 0.838 bits per heavy atom. The van der Waals surface area contributed by atoms with Gasteiger partial charge in [-0.3, -0.25) is 9.69 Å². The molecule has 1 saturated heterocycles. The monoisotopic (exact) mass is 506 g/mol. The molecule has 1 aliphatic rings. The van der Waals surface area contributed by atoms with Gasteiger partial charge in [0, 0.05) is 5.56 Å². The van der Waals surface area contributed by atoms with Gasteiger partial charge in [-0.1, -0.05) is 68.4 Å². The zero-order chi connectivity index (χ0) is 25.8. The Kier molecular flexibility index (Phi) is 7.42. The van der Waals surface area contributed by atoms with E-state index in [1.165, 1.54) is 22.9 Å². The number of aliphatic imine (C=N–C) groups is 1. The molecule has 0 radical (unpaired) electrons. The van der Waals surface area contributed by atoms with Crippen molar-refractivity contribution in [2.45, 2.75) is 33.6 Å². The molecule has 37 heavy (non-hydrogen) atoms. The fourth-order valence-corrected chi connectivity index (χ4v) is 5.39. The molecule has 4 aromatic rings. The minimum Gasteiger partial charge on any atom is -0.493 e. The third-order valence-corrected chi connectivity index (χ3v) is 7.45. The van der Waals surface area contributed by atoms with E-state index in [0.717, 1.165) is 46.3 Å². The second kappa shape index (κ2) is 11.1. The molecule has 1 aliphatic heterocycles. The number of hydrogen-bond donors (Lipinski definition) is 0. The van der Waals surface area contributed by atoms with Gasteiger partial charge in [-0.15, -0.1) is 0 Å². The Labute approximate surface area is 222 Å². The van der Waals surface area contributed by atoms with Gasteiger partial charge in [0.15, 0.2) is 5.17 Å². The molecule has 186 valence electrons. The average molecular weight is 507 g/mol. The number of rotatable bonds is 7. The summed E-state index contributed by atoms with van der Waals surface area (Å²) in [6, 6.07) is 28.5. The third kappa shape index (κ3) is 5.18. The van der Waals surface area contributed by atoms with Crippen LogP contribution in [0.2, 0.25) is 0 Å². The number of carbonyl (C=O) groups excluding carboxylic acids is 1. The number of thioether (sulfide) groups is 1. The van der Waals surface area contributed by atoms with Crippen LogP contribution in [0.4, 0.5) is 11.4 Å². The Hall–Kier alpha value is -3.83. The first-order chi connectivity index (χ1) is 18.1. The largest absolute Gasteiger partial charge is 0.493 e. The number of amides is 1. The smallest absolute Gasteiger partial charge is 0.271 e. The van der Waals surface area contributed by atoms with Gasteiger partial charge < -0.3 is 4.74 Å². The zero-order valence-corrected chi connectivity index (χ0v) is 22.2. The third-order valence-electron chi connectivity index (χ3n) is 6.48. The molecule has 4 aromatic carbocycles. The Morgan fingerprint density at radius 3 is 2.19 bits per heavy atom. The summed E-state index contributed by atoms with van der Waals surface area (Å²) in [4.78, 5) is 21.1. The molecule has 1 heterocycles. The van der Waals surface area contributed by atoms with Crippen molar-refractivity contribution in [3.8, 4) is 5.75 Å². The minimum atomic E-state index is -0.0893. The topological polar surface area (TPSA) is 41.9 Å². The first-order valence-corrected chi connectivity index (χ1v) is 13.6. The summed E-state index contributed by atoms with van der Waals surface area (Å²) in [6.07, 6.45) is 3.87. The highest BCUT2D eigenvalue weighted by molar-refractivity contribution is 8.19. The fraction of sp³-hybridized carbons (Fsp3) is 0.188. The van der Waals surface area contributed by atoms with Crippen LogP contribution >= 0.6 is 11.8 Å². The number of amidine groups is 1. The molecule has 0 aliphatic carbocycles. The summed E-state index contributed by atoms with van der Waals surface area (Å²) in [5.74, 6) is 0.676. The molecule has 0 atom stereocenters. The Balaban J connectivity index is 1.62. The van der Waals surface area contributed by atoms with Crippen molar-refractivity contribution in [1.82, 2.24) is 0 Å². The van der Waals surface area contributed by atoms with Gasteiger partial charge in [0.1, 0.15) is 5.75 Å². The number of fused-ring (bicyclic) bond motifs is 1. The van der Waals surface area contributed by atoms with Gasteiger partial charge in [0.2, 0.25) is 0 Å². The van der Waals surface area contributed by atoms with E-state index >= 15 is 0 Å². The molecule has 4 nitrogen and oxygen atoms in total. The number of hydrogen-bond acceptors (Lipinski definition) is 4. The van der Waals surface area contributed by atoms with Crippen LogP contribution in [-0.2, 0) is 17.6 Å². The van der Waals surface area contributed by atoms with Gasteiger partial charge in [-0.25, -0.2) is 4.99 Å². The first kappa shape index (κ1) is 24.8. The van der Waals surface area contributed by atoms with Crippen LogP contribution in [0.25, 0.3) is 16.8 Å². The number of anilines is 1. The maximum absolute atomic E-state index is 13.9. The van der Waals surface area contributed by atoms with Gasteiger partial charge in [-0.05, 0) is 89.8 Å². The summed E-state index contributed by atoms with van der Waals surface area (Å²) in [5, 5.41) is 2.79. The van der Waals surface area contributed by atoms with E-state index in [0.29, 0.717) is 16.7 Å². The van der Waals surface area contributed by atoms with Gasteiger partial charge >= 0.3 is 0 Å². The second-order valence-electron chi connectivity index (χ2n) is 8.82. The standard InChI is InChI=1S/C32H30N2O2S/c1-4-22-11-16-25(17-12-22)33-32-34(26-18-13-23(5-2)14-19-26)31(35)30(37-32)21-28-27-10-8-7-9-24(27)15-20-29(28)36-6-3/h7-21H,4-6H2,1-3H3/b30-21-,33-32?. The highest BCUT2D eigenvalue weighted by Crippen LogP contribution is 2.40. The lowest BCUT2D eigenvalue weighted by atomic mass is 10.0. The molecule has 0 N–H and O–H groups in total. The molecule has 1 amide bonds. The number of carbonyl (C=O) groups is 1. The van der Waals surface area contributed by atoms with E-state index in [-0.39, 0.29) is 5.91 Å². The van der Waals surface area contributed by atoms with E-state index < -0.39 is 0 Å². The molecule has 1 fully saturated rings.